The van der Waals surface area contributed by atoms with Gasteiger partial charge in [-0.2, -0.15) is 0 Å². The van der Waals surface area contributed by atoms with Crippen LogP contribution in [0.25, 0.3) is 10.9 Å². The highest BCUT2D eigenvalue weighted by atomic mass is 16.4. The van der Waals surface area contributed by atoms with E-state index in [0.29, 0.717) is 13.0 Å². The molecule has 2 N–H and O–H groups in total. The summed E-state index contributed by atoms with van der Waals surface area (Å²) < 4.78 is 2.08. The first-order chi connectivity index (χ1) is 10.3. The highest BCUT2D eigenvalue weighted by Crippen LogP contribution is 2.23. The summed E-state index contributed by atoms with van der Waals surface area (Å²) in [6.45, 7) is 6.97. The molecule has 1 aromatic heterocycles. The predicted octanol–water partition coefficient (Wildman–Crippen LogP) is 3.55. The fourth-order valence-corrected chi connectivity index (χ4v) is 2.71. The van der Waals surface area contributed by atoms with E-state index in [1.807, 2.05) is 19.3 Å². The van der Waals surface area contributed by atoms with E-state index < -0.39 is 12.0 Å². The number of aliphatic carboxylic acids is 1. The van der Waals surface area contributed by atoms with Gasteiger partial charge in [0.1, 0.15) is 6.04 Å². The number of para-hydroxylation sites is 1. The molecule has 0 aliphatic heterocycles. The number of carbonyl (C=O) groups is 1. The van der Waals surface area contributed by atoms with Crippen LogP contribution in [0, 0.1) is 5.41 Å². The Morgan fingerprint density at radius 2 is 2.05 bits per heavy atom. The summed E-state index contributed by atoms with van der Waals surface area (Å²) in [5, 5.41) is 13.8. The van der Waals surface area contributed by atoms with E-state index in [1.54, 1.807) is 0 Å². The van der Waals surface area contributed by atoms with Crippen molar-refractivity contribution < 1.29 is 9.90 Å². The highest BCUT2D eigenvalue weighted by Gasteiger charge is 2.20. The third-order valence-corrected chi connectivity index (χ3v) is 4.00. The summed E-state index contributed by atoms with van der Waals surface area (Å²) in [5.74, 6) is -0.775. The van der Waals surface area contributed by atoms with Gasteiger partial charge in [0.25, 0.3) is 0 Å². The molecule has 0 spiro atoms. The lowest BCUT2D eigenvalue weighted by atomic mass is 9.88. The van der Waals surface area contributed by atoms with Crippen LogP contribution in [0.1, 0.15) is 39.2 Å². The number of carboxylic acid groups (broad SMARTS) is 1. The number of nitrogens with one attached hydrogen (secondary N) is 1. The van der Waals surface area contributed by atoms with Crippen molar-refractivity contribution in [3.63, 3.8) is 0 Å². The van der Waals surface area contributed by atoms with Gasteiger partial charge in [-0.25, -0.2) is 0 Å². The molecule has 1 atom stereocenters. The molecule has 0 amide bonds. The molecule has 4 nitrogen and oxygen atoms in total. The van der Waals surface area contributed by atoms with Crippen LogP contribution in [0.15, 0.2) is 30.5 Å². The molecule has 4 heteroatoms. The summed E-state index contributed by atoms with van der Waals surface area (Å²) >= 11 is 0. The number of aryl methyl sites for hydroxylation is 1. The molecule has 0 aliphatic rings. The van der Waals surface area contributed by atoms with E-state index in [9.17, 15) is 9.90 Å². The van der Waals surface area contributed by atoms with Crippen LogP contribution in [-0.4, -0.2) is 21.7 Å². The second-order valence-corrected chi connectivity index (χ2v) is 7.15. The first kappa shape index (κ1) is 16.6. The first-order valence-electron chi connectivity index (χ1n) is 7.77. The van der Waals surface area contributed by atoms with Crippen molar-refractivity contribution >= 4 is 16.9 Å². The van der Waals surface area contributed by atoms with Gasteiger partial charge in [0.05, 0.1) is 5.52 Å². The molecule has 0 bridgehead atoms. The van der Waals surface area contributed by atoms with Crippen molar-refractivity contribution in [1.29, 1.82) is 0 Å². The van der Waals surface area contributed by atoms with Crippen molar-refractivity contribution in [1.82, 2.24) is 9.88 Å². The van der Waals surface area contributed by atoms with Crippen LogP contribution in [0.2, 0.25) is 0 Å². The predicted molar refractivity (Wildman–Crippen MR) is 89.9 cm³/mol. The fraction of sp³-hybridized carbons (Fsp3) is 0.500. The molecule has 0 fully saturated rings. The van der Waals surface area contributed by atoms with Gasteiger partial charge in [0, 0.05) is 19.8 Å². The van der Waals surface area contributed by atoms with Crippen LogP contribution < -0.4 is 5.32 Å². The van der Waals surface area contributed by atoms with Crippen LogP contribution >= 0.6 is 0 Å². The van der Waals surface area contributed by atoms with Gasteiger partial charge in [-0.15, -0.1) is 0 Å². The number of nitrogens with zero attached hydrogens (tertiary/aromatic N) is 1. The molecule has 2 rings (SSSR count). The Labute approximate surface area is 132 Å². The van der Waals surface area contributed by atoms with Crippen molar-refractivity contribution in [2.75, 3.05) is 0 Å². The van der Waals surface area contributed by atoms with Gasteiger partial charge in [-0.1, -0.05) is 39.0 Å². The third kappa shape index (κ3) is 4.10. The minimum Gasteiger partial charge on any atom is -0.480 e. The molecule has 0 unspecified atom stereocenters. The van der Waals surface area contributed by atoms with E-state index in [0.717, 1.165) is 17.5 Å². The lowest BCUT2D eigenvalue weighted by Gasteiger charge is -2.22. The van der Waals surface area contributed by atoms with Crippen molar-refractivity contribution in [2.45, 2.75) is 46.2 Å². The average molecular weight is 302 g/mol. The first-order valence-corrected chi connectivity index (χ1v) is 7.77. The summed E-state index contributed by atoms with van der Waals surface area (Å²) in [7, 11) is 2.01. The highest BCUT2D eigenvalue weighted by molar-refractivity contribution is 5.83. The van der Waals surface area contributed by atoms with Crippen LogP contribution in [0.3, 0.4) is 0 Å². The molecular formula is C18H26N2O2. The monoisotopic (exact) mass is 302 g/mol. The normalized spacial score (nSPS) is 13.5. The van der Waals surface area contributed by atoms with Crippen LogP contribution in [0.4, 0.5) is 0 Å². The van der Waals surface area contributed by atoms with E-state index >= 15 is 0 Å². The minimum absolute atomic E-state index is 0.146. The van der Waals surface area contributed by atoms with Gasteiger partial charge in [-0.05, 0) is 35.3 Å². The molecule has 1 heterocycles. The zero-order valence-corrected chi connectivity index (χ0v) is 13.9. The molecule has 0 aliphatic carbocycles. The molecular weight excluding hydrogens is 276 g/mol. The largest absolute Gasteiger partial charge is 0.480 e. The van der Waals surface area contributed by atoms with Gasteiger partial charge >= 0.3 is 5.97 Å². The Hall–Kier alpha value is -1.81. The number of aromatic nitrogens is 1. The minimum atomic E-state index is -0.775. The molecule has 0 radical (unpaired) electrons. The summed E-state index contributed by atoms with van der Waals surface area (Å²) in [5.41, 5.74) is 2.44. The van der Waals surface area contributed by atoms with E-state index in [1.165, 1.54) is 5.39 Å². The van der Waals surface area contributed by atoms with Gasteiger partial charge in [0.15, 0.2) is 0 Å². The van der Waals surface area contributed by atoms with Crippen molar-refractivity contribution in [3.05, 3.63) is 36.0 Å². The maximum Gasteiger partial charge on any atom is 0.320 e. The van der Waals surface area contributed by atoms with Crippen LogP contribution in [0.5, 0.6) is 0 Å². The second-order valence-electron chi connectivity index (χ2n) is 7.15. The zero-order chi connectivity index (χ0) is 16.3. The molecule has 22 heavy (non-hydrogen) atoms. The Bertz CT molecular complexity index is 653. The Morgan fingerprint density at radius 3 is 2.68 bits per heavy atom. The Morgan fingerprint density at radius 1 is 1.32 bits per heavy atom. The topological polar surface area (TPSA) is 54.3 Å². The average Bonchev–Trinajstić information content (AvgIpc) is 2.79. The summed E-state index contributed by atoms with van der Waals surface area (Å²) in [4.78, 5) is 11.5. The number of carboxylic acids is 1. The van der Waals surface area contributed by atoms with Crippen LogP contribution in [-0.2, 0) is 18.4 Å². The summed E-state index contributed by atoms with van der Waals surface area (Å²) in [6.07, 6.45) is 3.55. The smallest absolute Gasteiger partial charge is 0.320 e. The lowest BCUT2D eigenvalue weighted by Crippen LogP contribution is -2.37. The molecule has 2 aromatic rings. The van der Waals surface area contributed by atoms with E-state index in [2.05, 4.69) is 48.9 Å². The number of fused-ring (bicyclic) bond motifs is 1. The number of rotatable bonds is 6. The maximum absolute atomic E-state index is 11.5. The second kappa shape index (κ2) is 6.53. The number of hydrogen-bond acceptors (Lipinski definition) is 2. The van der Waals surface area contributed by atoms with Gasteiger partial charge in [0.2, 0.25) is 0 Å². The standard InChI is InChI=1S/C18H26N2O2/c1-18(2,3)10-8-15(17(21)22)19-12-14-7-5-6-13-9-11-20(4)16(13)14/h5-7,9,11,15,19H,8,10,12H2,1-4H3,(H,21,22)/t15-/m0/s1. The molecule has 1 aromatic carbocycles. The molecule has 120 valence electrons. The summed E-state index contributed by atoms with van der Waals surface area (Å²) in [6, 6.07) is 7.72. The number of hydrogen-bond donors (Lipinski definition) is 2. The zero-order valence-electron chi connectivity index (χ0n) is 13.9. The SMILES string of the molecule is Cn1ccc2cccc(CN[C@@H](CCC(C)(C)C)C(=O)O)c21. The van der Waals surface area contributed by atoms with Gasteiger partial charge in [-0.3, -0.25) is 4.79 Å². The lowest BCUT2D eigenvalue weighted by molar-refractivity contribution is -0.139. The quantitative estimate of drug-likeness (QED) is 0.858. The molecule has 0 saturated heterocycles. The fourth-order valence-electron chi connectivity index (χ4n) is 2.71. The van der Waals surface area contributed by atoms with Crippen molar-refractivity contribution in [3.8, 4) is 0 Å². The van der Waals surface area contributed by atoms with Crippen molar-refractivity contribution in [2.24, 2.45) is 12.5 Å². The Kier molecular flexibility index (Phi) is 4.91. The van der Waals surface area contributed by atoms with E-state index in [4.69, 9.17) is 0 Å². The maximum atomic E-state index is 11.5. The molecule has 0 saturated carbocycles. The Balaban J connectivity index is 2.08. The third-order valence-electron chi connectivity index (χ3n) is 4.00. The van der Waals surface area contributed by atoms with E-state index in [-0.39, 0.29) is 5.41 Å². The van der Waals surface area contributed by atoms with Gasteiger partial charge < -0.3 is 15.0 Å². The number of benzene rings is 1.